The van der Waals surface area contributed by atoms with Gasteiger partial charge < -0.3 is 16.4 Å². The Hall–Kier alpha value is -2.33. The highest BCUT2D eigenvalue weighted by molar-refractivity contribution is 5.96. The maximum absolute atomic E-state index is 6.29. The summed E-state index contributed by atoms with van der Waals surface area (Å²) in [6.45, 7) is 5.63. The second-order valence-corrected chi connectivity index (χ2v) is 5.79. The number of anilines is 1. The lowest BCUT2D eigenvalue weighted by Gasteiger charge is -2.24. The predicted octanol–water partition coefficient (Wildman–Crippen LogP) is 3.50. The number of nitrogens with two attached hydrogens (primary N) is 2. The number of unbranched alkanes of at least 4 members (excludes halogenated alkanes) is 1. The Balaban J connectivity index is 2.24. The lowest BCUT2D eigenvalue weighted by atomic mass is 10.2. The van der Waals surface area contributed by atoms with Crippen molar-refractivity contribution in [3.8, 4) is 0 Å². The number of hydrogen-bond donors (Lipinski definition) is 2. The lowest BCUT2D eigenvalue weighted by Crippen LogP contribution is -2.38. The molecule has 0 saturated heterocycles. The number of aryl methyl sites for hydroxylation is 2. The second kappa shape index (κ2) is 8.34. The van der Waals surface area contributed by atoms with Gasteiger partial charge in [-0.2, -0.15) is 0 Å². The van der Waals surface area contributed by atoms with Gasteiger partial charge in [-0.3, -0.25) is 0 Å². The molecule has 0 radical (unpaired) electrons. The summed E-state index contributed by atoms with van der Waals surface area (Å²) >= 11 is 0. The van der Waals surface area contributed by atoms with Crippen LogP contribution in [-0.2, 0) is 0 Å². The van der Waals surface area contributed by atoms with Crippen molar-refractivity contribution in [2.75, 3.05) is 18.0 Å². The molecule has 0 fully saturated rings. The van der Waals surface area contributed by atoms with Crippen molar-refractivity contribution in [3.05, 3.63) is 59.7 Å². The van der Waals surface area contributed by atoms with Gasteiger partial charge in [-0.15, -0.1) is 0 Å². The molecule has 0 atom stereocenters. The molecule has 4 N–H and O–H groups in total. The first-order valence-corrected chi connectivity index (χ1v) is 8.05. The zero-order valence-corrected chi connectivity index (χ0v) is 14.0. The highest BCUT2D eigenvalue weighted by Gasteiger charge is 2.10. The Morgan fingerprint density at radius 1 is 0.913 bits per heavy atom. The van der Waals surface area contributed by atoms with Gasteiger partial charge in [0.1, 0.15) is 0 Å². The Labute approximate surface area is 138 Å². The highest BCUT2D eigenvalue weighted by atomic mass is 15.3. The van der Waals surface area contributed by atoms with Crippen molar-refractivity contribution in [2.24, 2.45) is 16.5 Å². The van der Waals surface area contributed by atoms with E-state index >= 15 is 0 Å². The molecule has 0 saturated carbocycles. The van der Waals surface area contributed by atoms with E-state index in [1.54, 1.807) is 0 Å². The normalized spacial score (nSPS) is 11.5. The van der Waals surface area contributed by atoms with E-state index in [0.29, 0.717) is 12.5 Å². The van der Waals surface area contributed by atoms with Crippen molar-refractivity contribution in [1.82, 2.24) is 0 Å². The molecular formula is C19H26N4. The van der Waals surface area contributed by atoms with E-state index in [1.807, 2.05) is 24.3 Å². The van der Waals surface area contributed by atoms with Crippen LogP contribution in [0.3, 0.4) is 0 Å². The Morgan fingerprint density at radius 2 is 1.48 bits per heavy atom. The van der Waals surface area contributed by atoms with E-state index in [2.05, 4.69) is 48.0 Å². The third-order valence-corrected chi connectivity index (χ3v) is 3.74. The molecule has 23 heavy (non-hydrogen) atoms. The number of benzene rings is 2. The Morgan fingerprint density at radius 3 is 2.04 bits per heavy atom. The first kappa shape index (κ1) is 17.0. The molecule has 0 aliphatic carbocycles. The Kier molecular flexibility index (Phi) is 6.18. The van der Waals surface area contributed by atoms with E-state index < -0.39 is 0 Å². The molecule has 0 heterocycles. The number of hydrogen-bond acceptors (Lipinski definition) is 2. The maximum atomic E-state index is 6.29. The monoisotopic (exact) mass is 310 g/mol. The third-order valence-electron chi connectivity index (χ3n) is 3.74. The number of nitrogens with zero attached hydrogens (tertiary/aromatic N) is 2. The van der Waals surface area contributed by atoms with Gasteiger partial charge in [-0.25, -0.2) is 4.99 Å². The minimum atomic E-state index is 0.509. The maximum Gasteiger partial charge on any atom is 0.201 e. The largest absolute Gasteiger partial charge is 0.369 e. The van der Waals surface area contributed by atoms with Crippen molar-refractivity contribution in [2.45, 2.75) is 26.7 Å². The molecule has 0 aromatic heterocycles. The standard InChI is InChI=1S/C19H26N4/c1-15-5-9-17(10-6-15)22-19(21)23(14-4-3-13-20)18-11-7-16(2)8-12-18/h5-12H,3-4,13-14,20H2,1-2H3,(H2,21,22). The van der Waals surface area contributed by atoms with Crippen molar-refractivity contribution in [1.29, 1.82) is 0 Å². The predicted molar refractivity (Wildman–Crippen MR) is 99.3 cm³/mol. The molecule has 0 bridgehead atoms. The van der Waals surface area contributed by atoms with Gasteiger partial charge in [0.2, 0.25) is 5.96 Å². The number of rotatable bonds is 6. The summed E-state index contributed by atoms with van der Waals surface area (Å²) in [5.41, 5.74) is 16.2. The fraction of sp³-hybridized carbons (Fsp3) is 0.316. The van der Waals surface area contributed by atoms with Crippen LogP contribution in [0, 0.1) is 13.8 Å². The van der Waals surface area contributed by atoms with Gasteiger partial charge in [0.15, 0.2) is 0 Å². The van der Waals surface area contributed by atoms with E-state index in [9.17, 15) is 0 Å². The smallest absolute Gasteiger partial charge is 0.201 e. The summed E-state index contributed by atoms with van der Waals surface area (Å²) in [5, 5.41) is 0. The zero-order valence-electron chi connectivity index (χ0n) is 14.0. The van der Waals surface area contributed by atoms with Gasteiger partial charge >= 0.3 is 0 Å². The summed E-state index contributed by atoms with van der Waals surface area (Å²) in [4.78, 5) is 6.62. The van der Waals surface area contributed by atoms with Gasteiger partial charge in [0, 0.05) is 12.2 Å². The van der Waals surface area contributed by atoms with Gasteiger partial charge in [0.25, 0.3) is 0 Å². The van der Waals surface area contributed by atoms with Crippen molar-refractivity contribution in [3.63, 3.8) is 0 Å². The minimum Gasteiger partial charge on any atom is -0.369 e. The van der Waals surface area contributed by atoms with Crippen molar-refractivity contribution < 1.29 is 0 Å². The van der Waals surface area contributed by atoms with Gasteiger partial charge in [0.05, 0.1) is 5.69 Å². The lowest BCUT2D eigenvalue weighted by molar-refractivity contribution is 0.746. The van der Waals surface area contributed by atoms with E-state index in [-0.39, 0.29) is 0 Å². The van der Waals surface area contributed by atoms with Gasteiger partial charge in [-0.1, -0.05) is 35.4 Å². The zero-order chi connectivity index (χ0) is 16.7. The van der Waals surface area contributed by atoms with E-state index in [0.717, 1.165) is 30.8 Å². The molecular weight excluding hydrogens is 284 g/mol. The van der Waals surface area contributed by atoms with Crippen molar-refractivity contribution >= 4 is 17.3 Å². The first-order chi connectivity index (χ1) is 11.1. The van der Waals surface area contributed by atoms with E-state index in [1.165, 1.54) is 11.1 Å². The molecule has 2 aromatic carbocycles. The van der Waals surface area contributed by atoms with Crippen LogP contribution >= 0.6 is 0 Å². The second-order valence-electron chi connectivity index (χ2n) is 5.79. The molecule has 0 amide bonds. The van der Waals surface area contributed by atoms with Crippen LogP contribution in [0.5, 0.6) is 0 Å². The molecule has 0 spiro atoms. The number of guanidine groups is 1. The summed E-state index contributed by atoms with van der Waals surface area (Å²) < 4.78 is 0. The third kappa shape index (κ3) is 5.11. The van der Waals surface area contributed by atoms with Crippen LogP contribution in [0.1, 0.15) is 24.0 Å². The molecule has 2 rings (SSSR count). The molecule has 0 aliphatic rings. The summed E-state index contributed by atoms with van der Waals surface area (Å²) in [7, 11) is 0. The number of aliphatic imine (C=N–C) groups is 1. The highest BCUT2D eigenvalue weighted by Crippen LogP contribution is 2.18. The molecule has 4 nitrogen and oxygen atoms in total. The van der Waals surface area contributed by atoms with Gasteiger partial charge in [-0.05, 0) is 57.5 Å². The minimum absolute atomic E-state index is 0.509. The molecule has 2 aromatic rings. The topological polar surface area (TPSA) is 67.6 Å². The molecule has 0 aliphatic heterocycles. The SMILES string of the molecule is Cc1ccc(N=C(N)N(CCCCN)c2ccc(C)cc2)cc1. The summed E-state index contributed by atoms with van der Waals surface area (Å²) in [6.07, 6.45) is 1.95. The quantitative estimate of drug-likeness (QED) is 0.487. The fourth-order valence-corrected chi connectivity index (χ4v) is 2.33. The molecule has 122 valence electrons. The van der Waals surface area contributed by atoms with Crippen LogP contribution in [0.25, 0.3) is 0 Å². The fourth-order valence-electron chi connectivity index (χ4n) is 2.33. The van der Waals surface area contributed by atoms with Crippen LogP contribution in [0.15, 0.2) is 53.5 Å². The van der Waals surface area contributed by atoms with Crippen LogP contribution < -0.4 is 16.4 Å². The average molecular weight is 310 g/mol. The first-order valence-electron chi connectivity index (χ1n) is 8.05. The van der Waals surface area contributed by atoms with Crippen LogP contribution in [0.2, 0.25) is 0 Å². The molecule has 4 heteroatoms. The van der Waals surface area contributed by atoms with Crippen LogP contribution in [0.4, 0.5) is 11.4 Å². The Bertz CT molecular complexity index is 629. The van der Waals surface area contributed by atoms with Crippen LogP contribution in [-0.4, -0.2) is 19.0 Å². The summed E-state index contributed by atoms with van der Waals surface area (Å²) in [6, 6.07) is 16.4. The summed E-state index contributed by atoms with van der Waals surface area (Å²) in [5.74, 6) is 0.509. The molecule has 0 unspecified atom stereocenters. The van der Waals surface area contributed by atoms with E-state index in [4.69, 9.17) is 11.5 Å². The average Bonchev–Trinajstić information content (AvgIpc) is 2.55.